The molecule has 0 aliphatic heterocycles. The van der Waals surface area contributed by atoms with Gasteiger partial charge in [0.15, 0.2) is 0 Å². The fourth-order valence-corrected chi connectivity index (χ4v) is 1.51. The molecule has 0 heterocycles. The summed E-state index contributed by atoms with van der Waals surface area (Å²) < 4.78 is 29.3. The predicted octanol–water partition coefficient (Wildman–Crippen LogP) is 0.202. The molecule has 0 atom stereocenters. The molecule has 24 heavy (non-hydrogen) atoms. The standard InChI is InChI=1S/C14H28Cl2O8/c15-14(16,18)13-24-12-11-23-10-9-22-8-7-21-6-5-20-4-3-19-2-1-17/h17-18H,1-13H2. The van der Waals surface area contributed by atoms with Gasteiger partial charge in [-0.25, -0.2) is 0 Å². The minimum atomic E-state index is -1.86. The Kier molecular flexibility index (Phi) is 18.3. The summed E-state index contributed by atoms with van der Waals surface area (Å²) in [6, 6.07) is 0. The number of hydrogen-bond acceptors (Lipinski definition) is 8. The molecule has 146 valence electrons. The van der Waals surface area contributed by atoms with Crippen LogP contribution in [0, 0.1) is 0 Å². The van der Waals surface area contributed by atoms with Gasteiger partial charge in [0.05, 0.1) is 79.3 Å². The summed E-state index contributed by atoms with van der Waals surface area (Å²) in [6.07, 6.45) is 0. The summed E-state index contributed by atoms with van der Waals surface area (Å²) in [5.41, 5.74) is 0. The molecule has 0 bridgehead atoms. The van der Waals surface area contributed by atoms with Crippen LogP contribution in [0.15, 0.2) is 0 Å². The topological polar surface area (TPSA) is 95.8 Å². The Morgan fingerprint density at radius 1 is 0.542 bits per heavy atom. The van der Waals surface area contributed by atoms with Gasteiger partial charge >= 0.3 is 0 Å². The summed E-state index contributed by atoms with van der Waals surface area (Å²) in [6.45, 7) is 4.61. The highest BCUT2D eigenvalue weighted by Crippen LogP contribution is 2.15. The van der Waals surface area contributed by atoms with Gasteiger partial charge in [-0.2, -0.15) is 0 Å². The first-order valence-electron chi connectivity index (χ1n) is 7.74. The molecule has 0 spiro atoms. The highest BCUT2D eigenvalue weighted by Gasteiger charge is 2.18. The minimum Gasteiger partial charge on any atom is -0.394 e. The number of alkyl halides is 2. The fourth-order valence-electron chi connectivity index (χ4n) is 1.36. The van der Waals surface area contributed by atoms with E-state index < -0.39 is 4.52 Å². The molecule has 0 saturated carbocycles. The maximum atomic E-state index is 8.96. The quantitative estimate of drug-likeness (QED) is 0.237. The lowest BCUT2D eigenvalue weighted by atomic mass is 10.6. The maximum Gasteiger partial charge on any atom is 0.238 e. The lowest BCUT2D eigenvalue weighted by Gasteiger charge is -2.12. The molecule has 0 rings (SSSR count). The van der Waals surface area contributed by atoms with Crippen molar-refractivity contribution in [2.24, 2.45) is 0 Å². The van der Waals surface area contributed by atoms with Gasteiger partial charge in [-0.15, -0.1) is 0 Å². The van der Waals surface area contributed by atoms with Crippen LogP contribution in [0.5, 0.6) is 0 Å². The van der Waals surface area contributed by atoms with Crippen molar-refractivity contribution in [2.45, 2.75) is 4.52 Å². The Bertz CT molecular complexity index is 253. The van der Waals surface area contributed by atoms with E-state index in [4.69, 9.17) is 61.8 Å². The number of aliphatic hydroxyl groups excluding tert-OH is 1. The van der Waals surface area contributed by atoms with Gasteiger partial charge in [0.25, 0.3) is 0 Å². The number of rotatable bonds is 19. The molecule has 2 N–H and O–H groups in total. The van der Waals surface area contributed by atoms with Crippen LogP contribution in [-0.2, 0) is 28.4 Å². The summed E-state index contributed by atoms with van der Waals surface area (Å²) in [5.74, 6) is 0. The molecule has 0 aliphatic carbocycles. The molecule has 0 fully saturated rings. The fraction of sp³-hybridized carbons (Fsp3) is 1.00. The summed E-state index contributed by atoms with van der Waals surface area (Å²) in [4.78, 5) is 0. The maximum absolute atomic E-state index is 8.96. The van der Waals surface area contributed by atoms with E-state index in [1.54, 1.807) is 0 Å². The molecule has 8 nitrogen and oxygen atoms in total. The Morgan fingerprint density at radius 2 is 0.833 bits per heavy atom. The van der Waals surface area contributed by atoms with E-state index in [0.717, 1.165) is 0 Å². The van der Waals surface area contributed by atoms with Crippen molar-refractivity contribution < 1.29 is 38.6 Å². The first-order chi connectivity index (χ1) is 11.6. The Morgan fingerprint density at radius 3 is 1.12 bits per heavy atom. The first kappa shape index (κ1) is 24.3. The van der Waals surface area contributed by atoms with Crippen LogP contribution in [0.4, 0.5) is 0 Å². The molecular weight excluding hydrogens is 367 g/mol. The number of aliphatic hydroxyl groups is 2. The molecule has 0 aromatic carbocycles. The van der Waals surface area contributed by atoms with Gasteiger partial charge in [0, 0.05) is 0 Å². The Labute approximate surface area is 152 Å². The van der Waals surface area contributed by atoms with Crippen molar-refractivity contribution >= 4 is 23.2 Å². The largest absolute Gasteiger partial charge is 0.394 e. The zero-order valence-electron chi connectivity index (χ0n) is 13.8. The predicted molar refractivity (Wildman–Crippen MR) is 88.7 cm³/mol. The molecule has 0 amide bonds. The van der Waals surface area contributed by atoms with E-state index in [9.17, 15) is 0 Å². The summed E-state index contributed by atoms with van der Waals surface area (Å²) in [7, 11) is 0. The van der Waals surface area contributed by atoms with Gasteiger partial charge in [0.1, 0.15) is 6.61 Å². The van der Waals surface area contributed by atoms with Crippen LogP contribution in [0.1, 0.15) is 0 Å². The Hall–Kier alpha value is 0.260. The number of hydrogen-bond donors (Lipinski definition) is 2. The van der Waals surface area contributed by atoms with Crippen LogP contribution < -0.4 is 0 Å². The summed E-state index contributed by atoms with van der Waals surface area (Å²) in [5, 5.41) is 17.5. The Balaban J connectivity index is 3.00. The van der Waals surface area contributed by atoms with Crippen LogP contribution >= 0.6 is 23.2 Å². The normalized spacial score (nSPS) is 12.0. The van der Waals surface area contributed by atoms with Gasteiger partial charge in [0.2, 0.25) is 4.52 Å². The van der Waals surface area contributed by atoms with Crippen molar-refractivity contribution in [3.05, 3.63) is 0 Å². The average Bonchev–Trinajstić information content (AvgIpc) is 2.52. The SMILES string of the molecule is OCCOCCOCCOCCOCCOCCOCC(O)(Cl)Cl. The van der Waals surface area contributed by atoms with Crippen molar-refractivity contribution in [2.75, 3.05) is 85.9 Å². The van der Waals surface area contributed by atoms with E-state index in [2.05, 4.69) is 0 Å². The molecule has 0 unspecified atom stereocenters. The van der Waals surface area contributed by atoms with Crippen LogP contribution in [-0.4, -0.2) is 101 Å². The second-order valence-corrected chi connectivity index (χ2v) is 5.95. The molecule has 0 saturated heterocycles. The third-order valence-corrected chi connectivity index (χ3v) is 2.59. The van der Waals surface area contributed by atoms with E-state index in [-0.39, 0.29) is 19.8 Å². The third kappa shape index (κ3) is 22.3. The molecule has 0 aliphatic rings. The van der Waals surface area contributed by atoms with Crippen molar-refractivity contribution in [1.29, 1.82) is 0 Å². The van der Waals surface area contributed by atoms with Gasteiger partial charge in [-0.05, 0) is 0 Å². The molecule has 0 radical (unpaired) electrons. The van der Waals surface area contributed by atoms with Gasteiger partial charge in [-0.1, -0.05) is 23.2 Å². The molecule has 0 aromatic rings. The van der Waals surface area contributed by atoms with E-state index in [1.165, 1.54) is 0 Å². The lowest BCUT2D eigenvalue weighted by molar-refractivity contribution is -0.0221. The highest BCUT2D eigenvalue weighted by molar-refractivity contribution is 6.47. The van der Waals surface area contributed by atoms with Crippen LogP contribution in [0.25, 0.3) is 0 Å². The van der Waals surface area contributed by atoms with Crippen LogP contribution in [0.2, 0.25) is 0 Å². The second-order valence-electron chi connectivity index (χ2n) is 4.50. The van der Waals surface area contributed by atoms with Gasteiger partial charge in [-0.3, -0.25) is 0 Å². The molecule has 0 aromatic heterocycles. The smallest absolute Gasteiger partial charge is 0.238 e. The second kappa shape index (κ2) is 18.1. The van der Waals surface area contributed by atoms with Crippen LogP contribution in [0.3, 0.4) is 0 Å². The van der Waals surface area contributed by atoms with E-state index >= 15 is 0 Å². The molecule has 10 heteroatoms. The van der Waals surface area contributed by atoms with E-state index in [0.29, 0.717) is 66.1 Å². The minimum absolute atomic E-state index is 0.0222. The monoisotopic (exact) mass is 394 g/mol. The van der Waals surface area contributed by atoms with E-state index in [1.807, 2.05) is 0 Å². The zero-order valence-corrected chi connectivity index (χ0v) is 15.3. The lowest BCUT2D eigenvalue weighted by Crippen LogP contribution is -2.21. The number of halogens is 2. The van der Waals surface area contributed by atoms with Crippen molar-refractivity contribution in [3.63, 3.8) is 0 Å². The highest BCUT2D eigenvalue weighted by atomic mass is 35.5. The van der Waals surface area contributed by atoms with Crippen molar-refractivity contribution in [3.8, 4) is 0 Å². The number of ether oxygens (including phenoxy) is 6. The third-order valence-electron chi connectivity index (χ3n) is 2.37. The molecular formula is C14H28Cl2O8. The first-order valence-corrected chi connectivity index (χ1v) is 8.49. The average molecular weight is 395 g/mol. The zero-order chi connectivity index (χ0) is 17.9. The van der Waals surface area contributed by atoms with Gasteiger partial charge < -0.3 is 38.6 Å². The summed E-state index contributed by atoms with van der Waals surface area (Å²) >= 11 is 10.6. The van der Waals surface area contributed by atoms with Crippen molar-refractivity contribution in [1.82, 2.24) is 0 Å².